The summed E-state index contributed by atoms with van der Waals surface area (Å²) in [5.41, 5.74) is 6.21. The number of anilines is 2. The van der Waals surface area contributed by atoms with E-state index >= 15 is 0 Å². The van der Waals surface area contributed by atoms with Gasteiger partial charge in [0.05, 0.1) is 13.0 Å². The Morgan fingerprint density at radius 1 is 1.42 bits per heavy atom. The molecule has 0 aliphatic heterocycles. The Hall–Kier alpha value is -2.57. The quantitative estimate of drug-likeness (QED) is 0.789. The lowest BCUT2D eigenvalue weighted by Gasteiger charge is -2.05. The molecule has 7 heteroatoms. The minimum absolute atomic E-state index is 0.0926. The Kier molecular flexibility index (Phi) is 3.97. The van der Waals surface area contributed by atoms with Crippen molar-refractivity contribution in [2.45, 2.75) is 13.3 Å². The fraction of sp³-hybridized carbons (Fsp3) is 0.250. The third kappa shape index (κ3) is 3.98. The number of rotatable bonds is 5. The van der Waals surface area contributed by atoms with Gasteiger partial charge in [-0.2, -0.15) is 4.98 Å². The van der Waals surface area contributed by atoms with Crippen molar-refractivity contribution in [3.05, 3.63) is 30.1 Å². The van der Waals surface area contributed by atoms with Gasteiger partial charge >= 0.3 is 6.01 Å². The first-order chi connectivity index (χ1) is 9.13. The van der Waals surface area contributed by atoms with Gasteiger partial charge in [0.1, 0.15) is 5.75 Å². The molecule has 100 valence electrons. The first kappa shape index (κ1) is 12.9. The molecule has 0 saturated carbocycles. The van der Waals surface area contributed by atoms with E-state index in [9.17, 15) is 4.79 Å². The molecule has 2 rings (SSSR count). The van der Waals surface area contributed by atoms with E-state index in [1.54, 1.807) is 31.2 Å². The number of nitrogens with zero attached hydrogens (tertiary/aromatic N) is 2. The van der Waals surface area contributed by atoms with Gasteiger partial charge in [0.15, 0.2) is 5.82 Å². The molecule has 0 aliphatic rings. The van der Waals surface area contributed by atoms with E-state index in [2.05, 4.69) is 15.5 Å². The number of ether oxygens (including phenoxy) is 1. The standard InChI is InChI=1S/C12H14N4O3/c1-8-14-12(19-16-8)15-11(17)6-7-18-10-4-2-9(13)3-5-10/h2-5H,6-7,13H2,1H3,(H,14,15,16,17). The van der Waals surface area contributed by atoms with E-state index < -0.39 is 0 Å². The summed E-state index contributed by atoms with van der Waals surface area (Å²) in [7, 11) is 0. The van der Waals surface area contributed by atoms with Crippen LogP contribution in [-0.2, 0) is 4.79 Å². The maximum absolute atomic E-state index is 11.5. The summed E-state index contributed by atoms with van der Waals surface area (Å²) in [4.78, 5) is 15.4. The SMILES string of the molecule is Cc1noc(NC(=O)CCOc2ccc(N)cc2)n1. The topological polar surface area (TPSA) is 103 Å². The Morgan fingerprint density at radius 2 is 2.16 bits per heavy atom. The number of carbonyl (C=O) groups excluding carboxylic acids is 1. The molecule has 0 radical (unpaired) electrons. The Balaban J connectivity index is 1.73. The summed E-state index contributed by atoms with van der Waals surface area (Å²) in [5.74, 6) is 0.878. The molecule has 0 fully saturated rings. The summed E-state index contributed by atoms with van der Waals surface area (Å²) in [5, 5.41) is 6.04. The third-order valence-electron chi connectivity index (χ3n) is 2.25. The molecule has 0 aliphatic carbocycles. The summed E-state index contributed by atoms with van der Waals surface area (Å²) in [6.07, 6.45) is 0.186. The van der Waals surface area contributed by atoms with E-state index in [4.69, 9.17) is 15.0 Å². The average molecular weight is 262 g/mol. The van der Waals surface area contributed by atoms with Crippen LogP contribution in [0.25, 0.3) is 0 Å². The molecule has 0 saturated heterocycles. The van der Waals surface area contributed by atoms with E-state index in [0.29, 0.717) is 17.3 Å². The number of aryl methyl sites for hydroxylation is 1. The normalized spacial score (nSPS) is 10.2. The molecule has 0 unspecified atom stereocenters. The van der Waals surface area contributed by atoms with E-state index in [0.717, 1.165) is 0 Å². The van der Waals surface area contributed by atoms with Gasteiger partial charge in [-0.05, 0) is 31.2 Å². The number of amides is 1. The van der Waals surface area contributed by atoms with Crippen molar-refractivity contribution in [1.29, 1.82) is 0 Å². The van der Waals surface area contributed by atoms with E-state index in [1.807, 2.05) is 0 Å². The molecule has 2 aromatic rings. The zero-order chi connectivity index (χ0) is 13.7. The zero-order valence-corrected chi connectivity index (χ0v) is 10.4. The van der Waals surface area contributed by atoms with Gasteiger partial charge in [-0.3, -0.25) is 10.1 Å². The smallest absolute Gasteiger partial charge is 0.328 e. The van der Waals surface area contributed by atoms with Crippen molar-refractivity contribution in [3.63, 3.8) is 0 Å². The summed E-state index contributed by atoms with van der Waals surface area (Å²) >= 11 is 0. The second kappa shape index (κ2) is 5.85. The highest BCUT2D eigenvalue weighted by atomic mass is 16.5. The van der Waals surface area contributed by atoms with Crippen molar-refractivity contribution < 1.29 is 14.1 Å². The molecular formula is C12H14N4O3. The van der Waals surface area contributed by atoms with Crippen LogP contribution >= 0.6 is 0 Å². The fourth-order valence-electron chi connectivity index (χ4n) is 1.36. The van der Waals surface area contributed by atoms with Crippen molar-refractivity contribution in [1.82, 2.24) is 10.1 Å². The van der Waals surface area contributed by atoms with Crippen molar-refractivity contribution in [3.8, 4) is 5.75 Å². The number of nitrogen functional groups attached to an aromatic ring is 1. The number of hydrogen-bond donors (Lipinski definition) is 2. The molecule has 7 nitrogen and oxygen atoms in total. The highest BCUT2D eigenvalue weighted by molar-refractivity contribution is 5.88. The lowest BCUT2D eigenvalue weighted by atomic mass is 10.3. The molecule has 0 atom stereocenters. The monoisotopic (exact) mass is 262 g/mol. The molecular weight excluding hydrogens is 248 g/mol. The van der Waals surface area contributed by atoms with Crippen LogP contribution in [0.1, 0.15) is 12.2 Å². The number of carbonyl (C=O) groups is 1. The second-order valence-electron chi connectivity index (χ2n) is 3.86. The van der Waals surface area contributed by atoms with Crippen molar-refractivity contribution in [2.75, 3.05) is 17.7 Å². The fourth-order valence-corrected chi connectivity index (χ4v) is 1.36. The zero-order valence-electron chi connectivity index (χ0n) is 10.4. The molecule has 19 heavy (non-hydrogen) atoms. The maximum atomic E-state index is 11.5. The highest BCUT2D eigenvalue weighted by Crippen LogP contribution is 2.13. The molecule has 1 aromatic carbocycles. The van der Waals surface area contributed by atoms with Gasteiger partial charge < -0.3 is 15.0 Å². The average Bonchev–Trinajstić information content (AvgIpc) is 2.77. The van der Waals surface area contributed by atoms with Gasteiger partial charge in [-0.15, -0.1) is 0 Å². The number of nitrogens with one attached hydrogen (secondary N) is 1. The number of hydrogen-bond acceptors (Lipinski definition) is 6. The largest absolute Gasteiger partial charge is 0.493 e. The number of nitrogens with two attached hydrogens (primary N) is 1. The summed E-state index contributed by atoms with van der Waals surface area (Å²) in [6.45, 7) is 1.92. The Morgan fingerprint density at radius 3 is 2.79 bits per heavy atom. The lowest BCUT2D eigenvalue weighted by Crippen LogP contribution is -2.15. The van der Waals surface area contributed by atoms with Gasteiger partial charge in [-0.1, -0.05) is 5.16 Å². The lowest BCUT2D eigenvalue weighted by molar-refractivity contribution is -0.116. The van der Waals surface area contributed by atoms with Crippen LogP contribution in [0, 0.1) is 6.92 Å². The van der Waals surface area contributed by atoms with Gasteiger partial charge in [0.2, 0.25) is 5.91 Å². The van der Waals surface area contributed by atoms with Crippen LogP contribution in [0.3, 0.4) is 0 Å². The summed E-state index contributed by atoms with van der Waals surface area (Å²) in [6, 6.07) is 7.05. The first-order valence-electron chi connectivity index (χ1n) is 5.72. The van der Waals surface area contributed by atoms with Crippen LogP contribution in [0.15, 0.2) is 28.8 Å². The van der Waals surface area contributed by atoms with E-state index in [1.165, 1.54) is 0 Å². The van der Waals surface area contributed by atoms with Crippen LogP contribution < -0.4 is 15.8 Å². The van der Waals surface area contributed by atoms with Crippen molar-refractivity contribution in [2.24, 2.45) is 0 Å². The van der Waals surface area contributed by atoms with Crippen LogP contribution in [0.2, 0.25) is 0 Å². The van der Waals surface area contributed by atoms with Crippen LogP contribution in [0.5, 0.6) is 5.75 Å². The molecule has 1 aromatic heterocycles. The molecule has 0 bridgehead atoms. The van der Waals surface area contributed by atoms with Gasteiger partial charge in [-0.25, -0.2) is 0 Å². The number of benzene rings is 1. The predicted molar refractivity (Wildman–Crippen MR) is 68.6 cm³/mol. The third-order valence-corrected chi connectivity index (χ3v) is 2.25. The molecule has 1 heterocycles. The highest BCUT2D eigenvalue weighted by Gasteiger charge is 2.07. The summed E-state index contributed by atoms with van der Waals surface area (Å²) < 4.78 is 10.2. The minimum Gasteiger partial charge on any atom is -0.493 e. The molecule has 0 spiro atoms. The molecule has 1 amide bonds. The number of aromatic nitrogens is 2. The first-order valence-corrected chi connectivity index (χ1v) is 5.72. The predicted octanol–water partition coefficient (Wildman–Crippen LogP) is 1.37. The van der Waals surface area contributed by atoms with Crippen LogP contribution in [-0.4, -0.2) is 22.7 Å². The minimum atomic E-state index is -0.251. The maximum Gasteiger partial charge on any atom is 0.328 e. The Bertz CT molecular complexity index is 550. The Labute approximate surface area is 109 Å². The van der Waals surface area contributed by atoms with Crippen LogP contribution in [0.4, 0.5) is 11.7 Å². The van der Waals surface area contributed by atoms with Gasteiger partial charge in [0, 0.05) is 5.69 Å². The van der Waals surface area contributed by atoms with Crippen molar-refractivity contribution >= 4 is 17.6 Å². The van der Waals surface area contributed by atoms with Gasteiger partial charge in [0.25, 0.3) is 0 Å². The molecule has 3 N–H and O–H groups in total. The van der Waals surface area contributed by atoms with E-state index in [-0.39, 0.29) is 24.9 Å². The second-order valence-corrected chi connectivity index (χ2v) is 3.86.